The van der Waals surface area contributed by atoms with Crippen molar-refractivity contribution >= 4 is 22.9 Å². The highest BCUT2D eigenvalue weighted by Crippen LogP contribution is 2.40. The average molecular weight is 799 g/mol. The van der Waals surface area contributed by atoms with E-state index in [0.29, 0.717) is 48.6 Å². The molecule has 7 aromatic rings. The molecule has 8 nitrogen and oxygen atoms in total. The van der Waals surface area contributed by atoms with Gasteiger partial charge in [-0.15, -0.1) is 10.2 Å². The highest BCUT2D eigenvalue weighted by atomic mass is 35.5. The summed E-state index contributed by atoms with van der Waals surface area (Å²) >= 11 is 8.37. The molecule has 8 rings (SSSR count). The zero-order chi connectivity index (χ0) is 38.7. The Morgan fingerprint density at radius 3 is 1.72 bits per heavy atom. The Balaban J connectivity index is 1.15. The molecule has 0 bridgehead atoms. The van der Waals surface area contributed by atoms with Gasteiger partial charge >= 0.3 is 0 Å². The Hall–Kier alpha value is -4.97. The van der Waals surface area contributed by atoms with Crippen molar-refractivity contribution in [2.45, 2.75) is 63.4 Å². The molecule has 0 unspecified atom stereocenters. The molecule has 0 radical (unpaired) electrons. The summed E-state index contributed by atoms with van der Waals surface area (Å²) in [5.74, 6) is 0.679. The van der Waals surface area contributed by atoms with E-state index in [4.69, 9.17) is 39.7 Å². The zero-order valence-electron chi connectivity index (χ0n) is 31.3. The Morgan fingerprint density at radius 1 is 0.579 bits per heavy atom. The number of hydrogen-bond donors (Lipinski definition) is 0. The van der Waals surface area contributed by atoms with Gasteiger partial charge in [0.25, 0.3) is 0 Å². The third-order valence-electron chi connectivity index (χ3n) is 9.82. The van der Waals surface area contributed by atoms with Gasteiger partial charge in [-0.3, -0.25) is 0 Å². The molecule has 5 atom stereocenters. The van der Waals surface area contributed by atoms with Crippen LogP contribution >= 0.6 is 22.9 Å². The van der Waals surface area contributed by atoms with Crippen LogP contribution in [0.15, 0.2) is 162 Å². The Labute approximate surface area is 341 Å². The van der Waals surface area contributed by atoms with Gasteiger partial charge in [0.2, 0.25) is 0 Å². The summed E-state index contributed by atoms with van der Waals surface area (Å²) in [7, 11) is 0. The SMILES string of the molecule is Clc1ccc([C@@H]2O[C@H](COCc3ccccc3)[C@@H](OCc3ccccc3)[C@H](OCc3ccccc3)[C@H]2OCc2ccccc2)cc1Cc1nnc(-c2ccco2)s1. The number of furan rings is 1. The summed E-state index contributed by atoms with van der Waals surface area (Å²) in [5.41, 5.74) is 5.98. The van der Waals surface area contributed by atoms with Crippen molar-refractivity contribution in [1.29, 1.82) is 0 Å². The molecule has 1 fully saturated rings. The molecule has 3 heterocycles. The van der Waals surface area contributed by atoms with Gasteiger partial charge in [0.1, 0.15) is 35.5 Å². The molecule has 2 aromatic heterocycles. The maximum Gasteiger partial charge on any atom is 0.183 e. The molecule has 5 aromatic carbocycles. The second-order valence-corrected chi connectivity index (χ2v) is 15.4. The maximum absolute atomic E-state index is 7.16. The van der Waals surface area contributed by atoms with Crippen LogP contribution in [-0.2, 0) is 56.5 Å². The van der Waals surface area contributed by atoms with Gasteiger partial charge < -0.3 is 28.1 Å². The van der Waals surface area contributed by atoms with E-state index < -0.39 is 30.5 Å². The summed E-state index contributed by atoms with van der Waals surface area (Å²) in [4.78, 5) is 0. The van der Waals surface area contributed by atoms with Crippen LogP contribution in [0, 0.1) is 0 Å². The lowest BCUT2D eigenvalue weighted by atomic mass is 9.89. The Kier molecular flexibility index (Phi) is 13.3. The fourth-order valence-corrected chi connectivity index (χ4v) is 7.97. The van der Waals surface area contributed by atoms with E-state index in [1.165, 1.54) is 11.3 Å². The molecular weight excluding hydrogens is 756 g/mol. The summed E-state index contributed by atoms with van der Waals surface area (Å²) in [6, 6.07) is 50.3. The highest BCUT2D eigenvalue weighted by molar-refractivity contribution is 7.14. The van der Waals surface area contributed by atoms with Crippen LogP contribution in [0.5, 0.6) is 0 Å². The number of nitrogens with zero attached hydrogens (tertiary/aromatic N) is 2. The molecule has 57 heavy (non-hydrogen) atoms. The Bertz CT molecular complexity index is 2240. The van der Waals surface area contributed by atoms with Crippen molar-refractivity contribution in [3.05, 3.63) is 201 Å². The first-order valence-corrected chi connectivity index (χ1v) is 20.2. The van der Waals surface area contributed by atoms with Gasteiger partial charge in [-0.1, -0.05) is 156 Å². The fourth-order valence-electron chi connectivity index (χ4n) is 6.95. The summed E-state index contributed by atoms with van der Waals surface area (Å²) < 4.78 is 39.9. The number of halogens is 1. The van der Waals surface area contributed by atoms with Crippen LogP contribution in [0.3, 0.4) is 0 Å². The molecule has 0 spiro atoms. The first-order chi connectivity index (χ1) is 28.2. The molecule has 10 heteroatoms. The van der Waals surface area contributed by atoms with E-state index in [9.17, 15) is 0 Å². The minimum Gasteiger partial charge on any atom is -0.462 e. The van der Waals surface area contributed by atoms with Gasteiger partial charge in [0.05, 0.1) is 39.3 Å². The molecule has 290 valence electrons. The molecular formula is C47H43ClN2O6S. The van der Waals surface area contributed by atoms with Gasteiger partial charge in [-0.25, -0.2) is 0 Å². The van der Waals surface area contributed by atoms with Crippen LogP contribution in [0.25, 0.3) is 10.8 Å². The van der Waals surface area contributed by atoms with E-state index in [-0.39, 0.29) is 6.61 Å². The lowest BCUT2D eigenvalue weighted by Gasteiger charge is -2.46. The third-order valence-corrected chi connectivity index (χ3v) is 11.1. The van der Waals surface area contributed by atoms with Crippen molar-refractivity contribution in [2.24, 2.45) is 0 Å². The minimum absolute atomic E-state index is 0.266. The number of aromatic nitrogens is 2. The van der Waals surface area contributed by atoms with Crippen LogP contribution in [0.4, 0.5) is 0 Å². The maximum atomic E-state index is 7.16. The van der Waals surface area contributed by atoms with Gasteiger partial charge in [0, 0.05) is 11.4 Å². The van der Waals surface area contributed by atoms with E-state index in [2.05, 4.69) is 64.8 Å². The molecule has 1 saturated heterocycles. The number of benzene rings is 5. The molecule has 0 amide bonds. The van der Waals surface area contributed by atoms with E-state index in [1.54, 1.807) is 6.26 Å². The number of hydrogen-bond acceptors (Lipinski definition) is 9. The predicted molar refractivity (Wildman–Crippen MR) is 221 cm³/mol. The van der Waals surface area contributed by atoms with Gasteiger partial charge in [0.15, 0.2) is 10.8 Å². The molecule has 0 N–H and O–H groups in total. The fraction of sp³-hybridized carbons (Fsp3) is 0.234. The van der Waals surface area contributed by atoms with Crippen LogP contribution in [0.2, 0.25) is 5.02 Å². The van der Waals surface area contributed by atoms with Crippen molar-refractivity contribution in [1.82, 2.24) is 10.2 Å². The second kappa shape index (κ2) is 19.5. The molecule has 0 aliphatic carbocycles. The van der Waals surface area contributed by atoms with E-state index in [1.807, 2.05) is 97.1 Å². The summed E-state index contributed by atoms with van der Waals surface area (Å²) in [5, 5.41) is 11.0. The lowest BCUT2D eigenvalue weighted by Crippen LogP contribution is -2.58. The number of rotatable bonds is 17. The van der Waals surface area contributed by atoms with Crippen molar-refractivity contribution in [2.75, 3.05) is 6.61 Å². The third kappa shape index (κ3) is 10.3. The van der Waals surface area contributed by atoms with Crippen LogP contribution < -0.4 is 0 Å². The zero-order valence-corrected chi connectivity index (χ0v) is 32.8. The quantitative estimate of drug-likeness (QED) is 0.0900. The van der Waals surface area contributed by atoms with E-state index >= 15 is 0 Å². The van der Waals surface area contributed by atoms with Crippen molar-refractivity contribution < 1.29 is 28.1 Å². The van der Waals surface area contributed by atoms with Gasteiger partial charge in [-0.05, 0) is 51.6 Å². The monoisotopic (exact) mass is 798 g/mol. The second-order valence-electron chi connectivity index (χ2n) is 13.9. The van der Waals surface area contributed by atoms with Crippen molar-refractivity contribution in [3.8, 4) is 10.8 Å². The molecule has 0 saturated carbocycles. The van der Waals surface area contributed by atoms with Gasteiger partial charge in [-0.2, -0.15) is 0 Å². The summed E-state index contributed by atoms with van der Waals surface area (Å²) in [6.07, 6.45) is -0.659. The summed E-state index contributed by atoms with van der Waals surface area (Å²) in [6.45, 7) is 1.75. The number of ether oxygens (including phenoxy) is 5. The van der Waals surface area contributed by atoms with Crippen molar-refractivity contribution in [3.63, 3.8) is 0 Å². The standard InChI is InChI=1S/C47H43ClN2O6S/c48-39-24-23-37(26-38(39)27-42-49-50-47(57-42)40-22-13-25-52-40)43-45(54-30-35-18-9-3-10-19-35)46(55-31-36-20-11-4-12-21-36)44(53-29-34-16-7-2-8-17-34)41(56-43)32-51-28-33-14-5-1-6-15-33/h1-26,41,43-46H,27-32H2/t41-,43+,44-,45+,46+/m1/s1. The normalized spacial score (nSPS) is 19.4. The largest absolute Gasteiger partial charge is 0.462 e. The smallest absolute Gasteiger partial charge is 0.183 e. The minimum atomic E-state index is -0.582. The topological polar surface area (TPSA) is 85.1 Å². The highest BCUT2D eigenvalue weighted by Gasteiger charge is 2.49. The first kappa shape index (κ1) is 38.9. The molecule has 1 aliphatic rings. The average Bonchev–Trinajstić information content (AvgIpc) is 3.97. The van der Waals surface area contributed by atoms with Crippen LogP contribution in [-0.4, -0.2) is 41.2 Å². The van der Waals surface area contributed by atoms with Crippen LogP contribution in [0.1, 0.15) is 44.5 Å². The Morgan fingerprint density at radius 2 is 1.14 bits per heavy atom. The lowest BCUT2D eigenvalue weighted by molar-refractivity contribution is -0.275. The predicted octanol–water partition coefficient (Wildman–Crippen LogP) is 10.5. The first-order valence-electron chi connectivity index (χ1n) is 19.0. The van der Waals surface area contributed by atoms with E-state index in [0.717, 1.165) is 38.4 Å². The molecule has 1 aliphatic heterocycles.